The number of hydrogen-bond donors (Lipinski definition) is 0. The van der Waals surface area contributed by atoms with Gasteiger partial charge in [0.15, 0.2) is 0 Å². The third-order valence-corrected chi connectivity index (χ3v) is 6.93. The van der Waals surface area contributed by atoms with Crippen molar-refractivity contribution in [1.82, 2.24) is 9.13 Å². The molecule has 0 N–H and O–H groups in total. The van der Waals surface area contributed by atoms with Crippen LogP contribution in [0.5, 0.6) is 0 Å². The molecular formula is C31H35N3. The fraction of sp³-hybridized carbons (Fsp3) is 0.290. The molecule has 3 heteroatoms. The summed E-state index contributed by atoms with van der Waals surface area (Å²) in [6, 6.07) is 26.9. The van der Waals surface area contributed by atoms with E-state index in [2.05, 4.69) is 127 Å². The highest BCUT2D eigenvalue weighted by Crippen LogP contribution is 2.41. The van der Waals surface area contributed by atoms with Crippen LogP contribution in [-0.2, 0) is 13.1 Å². The highest BCUT2D eigenvalue weighted by molar-refractivity contribution is 5.90. The second-order valence-electron chi connectivity index (χ2n) is 9.51. The van der Waals surface area contributed by atoms with E-state index in [1.165, 1.54) is 44.2 Å². The van der Waals surface area contributed by atoms with Gasteiger partial charge >= 0.3 is 0 Å². The number of aromatic nitrogens is 2. The Morgan fingerprint density at radius 2 is 1.12 bits per heavy atom. The molecule has 0 saturated carbocycles. The lowest BCUT2D eigenvalue weighted by molar-refractivity contribution is 0.696. The zero-order valence-electron chi connectivity index (χ0n) is 20.8. The van der Waals surface area contributed by atoms with Crippen molar-refractivity contribution >= 4 is 27.5 Å². The largest absolute Gasteiger partial charge is 0.378 e. The molecule has 0 atom stereocenters. The Hall–Kier alpha value is -3.46. The maximum atomic E-state index is 2.44. The minimum atomic E-state index is 0.169. The van der Waals surface area contributed by atoms with Crippen LogP contribution in [0.4, 0.5) is 5.69 Å². The van der Waals surface area contributed by atoms with Crippen molar-refractivity contribution in [3.8, 4) is 0 Å². The van der Waals surface area contributed by atoms with E-state index in [1.54, 1.807) is 0 Å². The van der Waals surface area contributed by atoms with Gasteiger partial charge in [0.1, 0.15) is 0 Å². The zero-order chi connectivity index (χ0) is 23.7. The monoisotopic (exact) mass is 449 g/mol. The predicted octanol–water partition coefficient (Wildman–Crippen LogP) is 7.66. The fourth-order valence-corrected chi connectivity index (χ4v) is 5.35. The molecule has 0 fully saturated rings. The van der Waals surface area contributed by atoms with Crippen molar-refractivity contribution < 1.29 is 0 Å². The lowest BCUT2D eigenvalue weighted by Crippen LogP contribution is -2.09. The van der Waals surface area contributed by atoms with Crippen molar-refractivity contribution in [1.29, 1.82) is 0 Å². The molecule has 5 aromatic rings. The standard InChI is InChI=1S/C31H35N3/c1-5-19-33-21-27(25-11-7-9-13-29(25)33)31(23-15-17-24(18-16-23)32(3)4)28-22-34(20-6-2)30-14-10-8-12-26(28)30/h7-18,21-22,31H,5-6,19-20H2,1-4H3. The summed E-state index contributed by atoms with van der Waals surface area (Å²) in [6.07, 6.45) is 7.06. The Labute approximate surface area is 203 Å². The molecule has 3 aromatic carbocycles. The molecule has 0 amide bonds. The highest BCUT2D eigenvalue weighted by atomic mass is 15.1. The lowest BCUT2D eigenvalue weighted by atomic mass is 9.84. The van der Waals surface area contributed by atoms with Crippen LogP contribution < -0.4 is 4.90 Å². The molecule has 0 aliphatic heterocycles. The summed E-state index contributed by atoms with van der Waals surface area (Å²) in [5.74, 6) is 0.169. The molecule has 0 spiro atoms. The first-order valence-electron chi connectivity index (χ1n) is 12.5. The Balaban J connectivity index is 1.78. The van der Waals surface area contributed by atoms with Gasteiger partial charge in [-0.25, -0.2) is 0 Å². The lowest BCUT2D eigenvalue weighted by Gasteiger charge is -2.19. The Kier molecular flexibility index (Phi) is 6.19. The summed E-state index contributed by atoms with van der Waals surface area (Å²) < 4.78 is 4.88. The van der Waals surface area contributed by atoms with Crippen LogP contribution in [0.25, 0.3) is 21.8 Å². The molecule has 0 unspecified atom stereocenters. The van der Waals surface area contributed by atoms with Gasteiger partial charge < -0.3 is 14.0 Å². The highest BCUT2D eigenvalue weighted by Gasteiger charge is 2.25. The van der Waals surface area contributed by atoms with Crippen LogP contribution in [0.1, 0.15) is 49.3 Å². The summed E-state index contributed by atoms with van der Waals surface area (Å²) in [4.78, 5) is 2.17. The molecule has 5 rings (SSSR count). The summed E-state index contributed by atoms with van der Waals surface area (Å²) in [5, 5.41) is 2.70. The van der Waals surface area contributed by atoms with Gasteiger partial charge in [0.2, 0.25) is 0 Å². The second-order valence-corrected chi connectivity index (χ2v) is 9.51. The van der Waals surface area contributed by atoms with E-state index < -0.39 is 0 Å². The molecule has 174 valence electrons. The topological polar surface area (TPSA) is 13.1 Å². The predicted molar refractivity (Wildman–Crippen MR) is 146 cm³/mol. The Morgan fingerprint density at radius 3 is 1.56 bits per heavy atom. The van der Waals surface area contributed by atoms with Crippen molar-refractivity contribution in [3.63, 3.8) is 0 Å². The number of aryl methyl sites for hydroxylation is 2. The van der Waals surface area contributed by atoms with Crippen molar-refractivity contribution in [2.24, 2.45) is 0 Å². The third kappa shape index (κ3) is 3.90. The molecule has 0 bridgehead atoms. The van der Waals surface area contributed by atoms with Gasteiger partial charge in [-0.1, -0.05) is 62.4 Å². The molecule has 2 heterocycles. The number of rotatable bonds is 8. The quantitative estimate of drug-likeness (QED) is 0.237. The van der Waals surface area contributed by atoms with Crippen LogP contribution in [0.3, 0.4) is 0 Å². The van der Waals surface area contributed by atoms with Crippen LogP contribution in [0, 0.1) is 0 Å². The molecule has 0 aliphatic rings. The van der Waals surface area contributed by atoms with Crippen LogP contribution >= 0.6 is 0 Å². The van der Waals surface area contributed by atoms with E-state index in [1.807, 2.05) is 0 Å². The zero-order valence-corrected chi connectivity index (χ0v) is 20.8. The summed E-state index contributed by atoms with van der Waals surface area (Å²) in [7, 11) is 4.20. The normalized spacial score (nSPS) is 11.7. The minimum absolute atomic E-state index is 0.169. The van der Waals surface area contributed by atoms with Crippen LogP contribution in [0.15, 0.2) is 85.2 Å². The van der Waals surface area contributed by atoms with Gasteiger partial charge in [-0.05, 0) is 53.8 Å². The van der Waals surface area contributed by atoms with E-state index in [9.17, 15) is 0 Å². The second kappa shape index (κ2) is 9.42. The Bertz CT molecular complexity index is 1320. The van der Waals surface area contributed by atoms with Gasteiger partial charge in [0, 0.05) is 73.0 Å². The van der Waals surface area contributed by atoms with Gasteiger partial charge in [-0.15, -0.1) is 0 Å². The van der Waals surface area contributed by atoms with Gasteiger partial charge in [0.25, 0.3) is 0 Å². The number of benzene rings is 3. The first-order valence-corrected chi connectivity index (χ1v) is 12.5. The smallest absolute Gasteiger partial charge is 0.0483 e. The summed E-state index contributed by atoms with van der Waals surface area (Å²) in [5.41, 5.74) is 7.99. The number of hydrogen-bond acceptors (Lipinski definition) is 1. The maximum absolute atomic E-state index is 2.44. The molecule has 0 saturated heterocycles. The summed E-state index contributed by atoms with van der Waals surface area (Å²) >= 11 is 0. The number of para-hydroxylation sites is 2. The molecular weight excluding hydrogens is 414 g/mol. The van der Waals surface area contributed by atoms with E-state index in [0.717, 1.165) is 25.9 Å². The molecule has 2 aromatic heterocycles. The van der Waals surface area contributed by atoms with E-state index in [4.69, 9.17) is 0 Å². The summed E-state index contributed by atoms with van der Waals surface area (Å²) in [6.45, 7) is 6.57. The number of fused-ring (bicyclic) bond motifs is 2. The minimum Gasteiger partial charge on any atom is -0.378 e. The molecule has 3 nitrogen and oxygen atoms in total. The van der Waals surface area contributed by atoms with Crippen molar-refractivity contribution in [2.45, 2.75) is 45.7 Å². The average Bonchev–Trinajstić information content (AvgIpc) is 3.40. The van der Waals surface area contributed by atoms with Gasteiger partial charge in [0.05, 0.1) is 0 Å². The van der Waals surface area contributed by atoms with Crippen LogP contribution in [0.2, 0.25) is 0 Å². The fourth-order valence-electron chi connectivity index (χ4n) is 5.35. The average molecular weight is 450 g/mol. The molecule has 34 heavy (non-hydrogen) atoms. The van der Waals surface area contributed by atoms with Crippen molar-refractivity contribution in [2.75, 3.05) is 19.0 Å². The van der Waals surface area contributed by atoms with E-state index in [-0.39, 0.29) is 5.92 Å². The van der Waals surface area contributed by atoms with Crippen LogP contribution in [-0.4, -0.2) is 23.2 Å². The SMILES string of the molecule is CCCn1cc(C(c2ccc(N(C)C)cc2)c2cn(CCC)c3ccccc23)c2ccccc21. The van der Waals surface area contributed by atoms with Gasteiger partial charge in [-0.3, -0.25) is 0 Å². The first-order chi connectivity index (χ1) is 16.6. The van der Waals surface area contributed by atoms with Gasteiger partial charge in [-0.2, -0.15) is 0 Å². The Morgan fingerprint density at radius 1 is 0.647 bits per heavy atom. The maximum Gasteiger partial charge on any atom is 0.0483 e. The van der Waals surface area contributed by atoms with E-state index in [0.29, 0.717) is 0 Å². The number of nitrogens with zero attached hydrogens (tertiary/aromatic N) is 3. The first kappa shape index (κ1) is 22.3. The molecule has 0 radical (unpaired) electrons. The van der Waals surface area contributed by atoms with E-state index >= 15 is 0 Å². The number of anilines is 1. The third-order valence-electron chi connectivity index (χ3n) is 6.93. The molecule has 0 aliphatic carbocycles. The van der Waals surface area contributed by atoms with Crippen molar-refractivity contribution in [3.05, 3.63) is 102 Å².